The maximum absolute atomic E-state index is 12.7. The summed E-state index contributed by atoms with van der Waals surface area (Å²) in [7, 11) is -3.61. The van der Waals surface area contributed by atoms with Crippen molar-refractivity contribution < 1.29 is 27.5 Å². The van der Waals surface area contributed by atoms with Gasteiger partial charge in [0.25, 0.3) is 11.8 Å². The molecule has 1 N–H and O–H groups in total. The minimum Gasteiger partial charge on any atom is -0.454 e. The molecule has 32 heavy (non-hydrogen) atoms. The molecular formula is C22H25N3O6S. The summed E-state index contributed by atoms with van der Waals surface area (Å²) < 4.78 is 31.7. The normalized spacial score (nSPS) is 15.6. The van der Waals surface area contributed by atoms with E-state index in [4.69, 9.17) is 4.74 Å². The summed E-state index contributed by atoms with van der Waals surface area (Å²) >= 11 is 0. The highest BCUT2D eigenvalue weighted by Crippen LogP contribution is 2.17. The van der Waals surface area contributed by atoms with Gasteiger partial charge in [-0.15, -0.1) is 0 Å². The first-order valence-corrected chi connectivity index (χ1v) is 11.6. The van der Waals surface area contributed by atoms with Crippen LogP contribution in [0.1, 0.15) is 17.3 Å². The number of nitrogens with zero attached hydrogens (tertiary/aromatic N) is 2. The predicted octanol–water partition coefficient (Wildman–Crippen LogP) is 0.881. The first kappa shape index (κ1) is 23.4. The van der Waals surface area contributed by atoms with Crippen LogP contribution in [0.4, 0.5) is 0 Å². The lowest BCUT2D eigenvalue weighted by Crippen LogP contribution is -2.51. The Balaban J connectivity index is 1.45. The molecule has 3 rings (SSSR count). The number of hydrogen-bond donors (Lipinski definition) is 1. The molecule has 0 bridgehead atoms. The van der Waals surface area contributed by atoms with E-state index in [0.29, 0.717) is 5.56 Å². The summed E-state index contributed by atoms with van der Waals surface area (Å²) in [5.41, 5.74) is 0.409. The Kier molecular flexibility index (Phi) is 7.60. The van der Waals surface area contributed by atoms with Crippen LogP contribution in [-0.2, 0) is 24.3 Å². The molecule has 0 aromatic heterocycles. The Morgan fingerprint density at radius 2 is 1.50 bits per heavy atom. The molecule has 0 radical (unpaired) electrons. The molecule has 2 aromatic rings. The number of carbonyl (C=O) groups excluding carboxylic acids is 3. The van der Waals surface area contributed by atoms with Crippen molar-refractivity contribution in [1.29, 1.82) is 0 Å². The maximum atomic E-state index is 12.7. The quantitative estimate of drug-likeness (QED) is 0.615. The summed E-state index contributed by atoms with van der Waals surface area (Å²) in [5, 5.41) is 2.53. The first-order chi connectivity index (χ1) is 15.3. The van der Waals surface area contributed by atoms with Gasteiger partial charge < -0.3 is 15.0 Å². The van der Waals surface area contributed by atoms with Gasteiger partial charge in [-0.3, -0.25) is 9.59 Å². The van der Waals surface area contributed by atoms with Crippen LogP contribution in [0.2, 0.25) is 0 Å². The average Bonchev–Trinajstić information content (AvgIpc) is 2.83. The Morgan fingerprint density at radius 3 is 2.09 bits per heavy atom. The highest BCUT2D eigenvalue weighted by atomic mass is 32.2. The molecule has 1 atom stereocenters. The summed E-state index contributed by atoms with van der Waals surface area (Å²) in [6, 6.07) is 15.6. The van der Waals surface area contributed by atoms with Crippen molar-refractivity contribution in [2.45, 2.75) is 17.9 Å². The first-order valence-electron chi connectivity index (χ1n) is 10.1. The minimum absolute atomic E-state index is 0.153. The molecule has 0 spiro atoms. The second kappa shape index (κ2) is 10.4. The number of hydrogen-bond acceptors (Lipinski definition) is 6. The van der Waals surface area contributed by atoms with Gasteiger partial charge in [0, 0.05) is 31.7 Å². The Bertz CT molecular complexity index is 1050. The molecule has 0 aliphatic carbocycles. The van der Waals surface area contributed by atoms with E-state index < -0.39 is 40.5 Å². The maximum Gasteiger partial charge on any atom is 0.328 e. The zero-order valence-corrected chi connectivity index (χ0v) is 18.5. The molecule has 0 saturated carbocycles. The van der Waals surface area contributed by atoms with E-state index in [0.717, 1.165) is 0 Å². The van der Waals surface area contributed by atoms with Gasteiger partial charge in [-0.2, -0.15) is 4.31 Å². The highest BCUT2D eigenvalue weighted by molar-refractivity contribution is 7.89. The largest absolute Gasteiger partial charge is 0.454 e. The van der Waals surface area contributed by atoms with E-state index >= 15 is 0 Å². The molecule has 2 aromatic carbocycles. The zero-order valence-electron chi connectivity index (χ0n) is 17.6. The van der Waals surface area contributed by atoms with Gasteiger partial charge in [0.05, 0.1) is 4.90 Å². The lowest BCUT2D eigenvalue weighted by Gasteiger charge is -2.33. The van der Waals surface area contributed by atoms with Gasteiger partial charge in [0.1, 0.15) is 6.04 Å². The third-order valence-corrected chi connectivity index (χ3v) is 6.96. The van der Waals surface area contributed by atoms with Crippen LogP contribution >= 0.6 is 0 Å². The molecule has 10 heteroatoms. The zero-order chi connectivity index (χ0) is 23.1. The fourth-order valence-corrected chi connectivity index (χ4v) is 4.64. The van der Waals surface area contributed by atoms with E-state index in [1.54, 1.807) is 48.5 Å². The number of amides is 2. The fraction of sp³-hybridized carbons (Fsp3) is 0.318. The topological polar surface area (TPSA) is 113 Å². The van der Waals surface area contributed by atoms with Crippen molar-refractivity contribution in [1.82, 2.24) is 14.5 Å². The van der Waals surface area contributed by atoms with Crippen LogP contribution in [0, 0.1) is 0 Å². The molecule has 1 fully saturated rings. The van der Waals surface area contributed by atoms with Crippen LogP contribution in [0.15, 0.2) is 65.6 Å². The third-order valence-electron chi connectivity index (χ3n) is 5.05. The smallest absolute Gasteiger partial charge is 0.328 e. The predicted molar refractivity (Wildman–Crippen MR) is 116 cm³/mol. The lowest BCUT2D eigenvalue weighted by molar-refractivity contribution is -0.153. The van der Waals surface area contributed by atoms with E-state index in [1.807, 2.05) is 0 Å². The second-order valence-electron chi connectivity index (χ2n) is 7.27. The summed E-state index contributed by atoms with van der Waals surface area (Å²) in [6.07, 6.45) is 0. The Hall–Kier alpha value is -3.24. The van der Waals surface area contributed by atoms with Crippen LogP contribution in [-0.4, -0.2) is 74.2 Å². The third kappa shape index (κ3) is 5.71. The molecule has 1 aliphatic heterocycles. The van der Waals surface area contributed by atoms with Crippen molar-refractivity contribution in [2.75, 3.05) is 32.8 Å². The van der Waals surface area contributed by atoms with Crippen molar-refractivity contribution in [3.8, 4) is 0 Å². The van der Waals surface area contributed by atoms with Crippen molar-refractivity contribution in [3.05, 3.63) is 66.2 Å². The number of esters is 1. The average molecular weight is 460 g/mol. The van der Waals surface area contributed by atoms with E-state index in [2.05, 4.69) is 5.32 Å². The fourth-order valence-electron chi connectivity index (χ4n) is 3.20. The van der Waals surface area contributed by atoms with Crippen molar-refractivity contribution in [3.63, 3.8) is 0 Å². The number of ether oxygens (including phenoxy) is 1. The van der Waals surface area contributed by atoms with E-state index in [9.17, 15) is 22.8 Å². The van der Waals surface area contributed by atoms with Gasteiger partial charge in [-0.1, -0.05) is 36.4 Å². The molecule has 1 saturated heterocycles. The summed E-state index contributed by atoms with van der Waals surface area (Å²) in [6.45, 7) is 1.70. The van der Waals surface area contributed by atoms with E-state index in [1.165, 1.54) is 28.3 Å². The van der Waals surface area contributed by atoms with Crippen molar-refractivity contribution >= 4 is 27.8 Å². The molecular weight excluding hydrogens is 434 g/mol. The number of sulfonamides is 1. The number of nitrogens with one attached hydrogen (secondary N) is 1. The number of piperazine rings is 1. The van der Waals surface area contributed by atoms with Gasteiger partial charge >= 0.3 is 5.97 Å². The standard InChI is InChI=1S/C22H25N3O6S/c1-17(23-21(27)18-8-4-2-5-9-18)22(28)31-16-20(26)24-12-14-25(15-13-24)32(29,30)19-10-6-3-7-11-19/h2-11,17H,12-16H2,1H3,(H,23,27)/t17-/m0/s1. The molecule has 2 amide bonds. The molecule has 9 nitrogen and oxygen atoms in total. The van der Waals surface area contributed by atoms with Crippen LogP contribution < -0.4 is 5.32 Å². The van der Waals surface area contributed by atoms with Crippen molar-refractivity contribution in [2.24, 2.45) is 0 Å². The van der Waals surface area contributed by atoms with Crippen LogP contribution in [0.25, 0.3) is 0 Å². The summed E-state index contributed by atoms with van der Waals surface area (Å²) in [4.78, 5) is 38.3. The molecule has 0 unspecified atom stereocenters. The Labute approximate surface area is 187 Å². The molecule has 1 heterocycles. The van der Waals surface area contributed by atoms with Crippen LogP contribution in [0.5, 0.6) is 0 Å². The van der Waals surface area contributed by atoms with Gasteiger partial charge in [0.2, 0.25) is 10.0 Å². The summed E-state index contributed by atoms with van der Waals surface area (Å²) in [5.74, 6) is -1.57. The monoisotopic (exact) mass is 459 g/mol. The highest BCUT2D eigenvalue weighted by Gasteiger charge is 2.30. The molecule has 1 aliphatic rings. The van der Waals surface area contributed by atoms with Crippen LogP contribution in [0.3, 0.4) is 0 Å². The number of benzene rings is 2. The lowest BCUT2D eigenvalue weighted by atomic mass is 10.2. The number of rotatable bonds is 7. The Morgan fingerprint density at radius 1 is 0.938 bits per heavy atom. The SMILES string of the molecule is C[C@H](NC(=O)c1ccccc1)C(=O)OCC(=O)N1CCN(S(=O)(=O)c2ccccc2)CC1. The number of carbonyl (C=O) groups is 3. The second-order valence-corrected chi connectivity index (χ2v) is 9.20. The van der Waals surface area contributed by atoms with Gasteiger partial charge in [-0.25, -0.2) is 13.2 Å². The minimum atomic E-state index is -3.61. The van der Waals surface area contributed by atoms with Gasteiger partial charge in [-0.05, 0) is 31.2 Å². The molecule has 170 valence electrons. The van der Waals surface area contributed by atoms with E-state index in [-0.39, 0.29) is 31.1 Å². The van der Waals surface area contributed by atoms with Gasteiger partial charge in [0.15, 0.2) is 6.61 Å².